The third-order valence-corrected chi connectivity index (χ3v) is 2.92. The number of rotatable bonds is 5. The fourth-order valence-electron chi connectivity index (χ4n) is 1.16. The van der Waals surface area contributed by atoms with Gasteiger partial charge in [0.25, 0.3) is 0 Å². The van der Waals surface area contributed by atoms with E-state index in [0.29, 0.717) is 0 Å². The molecule has 0 unspecified atom stereocenters. The van der Waals surface area contributed by atoms with E-state index in [2.05, 4.69) is 31.1 Å². The lowest BCUT2D eigenvalue weighted by Gasteiger charge is -2.06. The first kappa shape index (κ1) is 10.7. The highest BCUT2D eigenvalue weighted by Crippen LogP contribution is 2.11. The van der Waals surface area contributed by atoms with Crippen molar-refractivity contribution >= 4 is 11.3 Å². The zero-order chi connectivity index (χ0) is 9.68. The van der Waals surface area contributed by atoms with Crippen molar-refractivity contribution in [3.63, 3.8) is 0 Å². The number of hydrogen-bond acceptors (Lipinski definition) is 3. The molecule has 3 heteroatoms. The van der Waals surface area contributed by atoms with Gasteiger partial charge in [-0.15, -0.1) is 11.3 Å². The van der Waals surface area contributed by atoms with Crippen molar-refractivity contribution in [2.24, 2.45) is 5.92 Å². The van der Waals surface area contributed by atoms with Crippen LogP contribution >= 0.6 is 11.3 Å². The fraction of sp³-hybridized carbons (Fsp3) is 0.700. The minimum absolute atomic E-state index is 0.738. The molecule has 13 heavy (non-hydrogen) atoms. The highest BCUT2D eigenvalue weighted by Gasteiger charge is 2.00. The van der Waals surface area contributed by atoms with Crippen LogP contribution in [0.5, 0.6) is 0 Å². The van der Waals surface area contributed by atoms with Gasteiger partial charge in [0.1, 0.15) is 0 Å². The van der Waals surface area contributed by atoms with Crippen molar-refractivity contribution in [1.29, 1.82) is 0 Å². The molecule has 1 heterocycles. The minimum atomic E-state index is 0.738. The number of thiazole rings is 1. The minimum Gasteiger partial charge on any atom is -0.316 e. The molecular formula is C10H18N2S. The first-order valence-electron chi connectivity index (χ1n) is 4.80. The van der Waals surface area contributed by atoms with Crippen LogP contribution in [0.1, 0.15) is 24.4 Å². The van der Waals surface area contributed by atoms with E-state index in [9.17, 15) is 0 Å². The zero-order valence-electron chi connectivity index (χ0n) is 8.63. The van der Waals surface area contributed by atoms with Crippen LogP contribution in [-0.2, 0) is 6.42 Å². The quantitative estimate of drug-likeness (QED) is 0.734. The van der Waals surface area contributed by atoms with Gasteiger partial charge in [0.15, 0.2) is 0 Å². The number of nitrogens with zero attached hydrogens (tertiary/aromatic N) is 1. The topological polar surface area (TPSA) is 24.9 Å². The molecule has 0 fully saturated rings. The second-order valence-corrected chi connectivity index (χ2v) is 4.65. The summed E-state index contributed by atoms with van der Waals surface area (Å²) in [4.78, 5) is 5.63. The Morgan fingerprint density at radius 2 is 2.31 bits per heavy atom. The molecule has 2 nitrogen and oxygen atoms in total. The molecule has 0 aliphatic rings. The Balaban J connectivity index is 2.17. The second-order valence-electron chi connectivity index (χ2n) is 3.71. The normalized spacial score (nSPS) is 11.1. The van der Waals surface area contributed by atoms with E-state index in [4.69, 9.17) is 0 Å². The summed E-state index contributed by atoms with van der Waals surface area (Å²) in [6.07, 6.45) is 1.11. The number of aromatic nitrogens is 1. The van der Waals surface area contributed by atoms with E-state index in [1.54, 1.807) is 11.3 Å². The van der Waals surface area contributed by atoms with Crippen molar-refractivity contribution < 1.29 is 0 Å². The Labute approximate surface area is 84.4 Å². The predicted octanol–water partition coefficient (Wildman–Crippen LogP) is 2.24. The lowest BCUT2D eigenvalue weighted by atomic mass is 10.2. The number of aryl methyl sites for hydroxylation is 1. The maximum atomic E-state index is 4.22. The molecule has 0 atom stereocenters. The van der Waals surface area contributed by atoms with E-state index in [1.165, 1.54) is 10.6 Å². The van der Waals surface area contributed by atoms with Crippen LogP contribution in [-0.4, -0.2) is 18.1 Å². The van der Waals surface area contributed by atoms with Gasteiger partial charge in [-0.05, 0) is 25.8 Å². The third-order valence-electron chi connectivity index (χ3n) is 1.93. The standard InChI is InChI=1S/C10H18N2S/c1-8(2)6-11-5-4-10-9(3)12-7-13-10/h7-8,11H,4-6H2,1-3H3. The number of nitrogens with one attached hydrogen (secondary N) is 1. The molecule has 0 spiro atoms. The van der Waals surface area contributed by atoms with Gasteiger partial charge in [0.2, 0.25) is 0 Å². The van der Waals surface area contributed by atoms with Gasteiger partial charge in [-0.2, -0.15) is 0 Å². The van der Waals surface area contributed by atoms with Gasteiger partial charge in [-0.3, -0.25) is 0 Å². The van der Waals surface area contributed by atoms with Crippen LogP contribution in [0.2, 0.25) is 0 Å². The molecule has 0 saturated carbocycles. The maximum Gasteiger partial charge on any atom is 0.0797 e. The molecule has 0 aromatic carbocycles. The molecule has 1 N–H and O–H groups in total. The summed E-state index contributed by atoms with van der Waals surface area (Å²) in [5.41, 5.74) is 3.11. The first-order chi connectivity index (χ1) is 6.20. The molecule has 0 radical (unpaired) electrons. The lowest BCUT2D eigenvalue weighted by molar-refractivity contribution is 0.555. The van der Waals surface area contributed by atoms with Crippen LogP contribution < -0.4 is 5.32 Å². The van der Waals surface area contributed by atoms with Crippen molar-refractivity contribution in [3.05, 3.63) is 16.1 Å². The molecule has 0 saturated heterocycles. The van der Waals surface area contributed by atoms with Gasteiger partial charge in [0.05, 0.1) is 11.2 Å². The van der Waals surface area contributed by atoms with Gasteiger partial charge < -0.3 is 5.32 Å². The maximum absolute atomic E-state index is 4.22. The highest BCUT2D eigenvalue weighted by molar-refractivity contribution is 7.09. The van der Waals surface area contributed by atoms with E-state index in [1.807, 2.05) is 5.51 Å². The van der Waals surface area contributed by atoms with Crippen LogP contribution in [0, 0.1) is 12.8 Å². The summed E-state index contributed by atoms with van der Waals surface area (Å²) >= 11 is 1.76. The van der Waals surface area contributed by atoms with Crippen LogP contribution in [0.4, 0.5) is 0 Å². The van der Waals surface area contributed by atoms with Crippen molar-refractivity contribution in [1.82, 2.24) is 10.3 Å². The number of hydrogen-bond donors (Lipinski definition) is 1. The van der Waals surface area contributed by atoms with Crippen LogP contribution in [0.15, 0.2) is 5.51 Å². The molecule has 1 aromatic heterocycles. The van der Waals surface area contributed by atoms with E-state index in [-0.39, 0.29) is 0 Å². The summed E-state index contributed by atoms with van der Waals surface area (Å²) in [7, 11) is 0. The van der Waals surface area contributed by atoms with Gasteiger partial charge in [0, 0.05) is 11.4 Å². The monoisotopic (exact) mass is 198 g/mol. The average Bonchev–Trinajstić information content (AvgIpc) is 2.45. The Morgan fingerprint density at radius 1 is 1.54 bits per heavy atom. The van der Waals surface area contributed by atoms with Crippen LogP contribution in [0.3, 0.4) is 0 Å². The Morgan fingerprint density at radius 3 is 2.85 bits per heavy atom. The molecule has 0 aliphatic heterocycles. The SMILES string of the molecule is Cc1ncsc1CCNCC(C)C. The molecule has 74 valence electrons. The lowest BCUT2D eigenvalue weighted by Crippen LogP contribution is -2.22. The molecule has 0 aliphatic carbocycles. The van der Waals surface area contributed by atoms with Crippen molar-refractivity contribution in [2.75, 3.05) is 13.1 Å². The molecular weight excluding hydrogens is 180 g/mol. The van der Waals surface area contributed by atoms with E-state index >= 15 is 0 Å². The predicted molar refractivity (Wildman–Crippen MR) is 58.3 cm³/mol. The zero-order valence-corrected chi connectivity index (χ0v) is 9.45. The van der Waals surface area contributed by atoms with E-state index < -0.39 is 0 Å². The Hall–Kier alpha value is -0.410. The van der Waals surface area contributed by atoms with Crippen molar-refractivity contribution in [3.8, 4) is 0 Å². The Bertz CT molecular complexity index is 243. The molecule has 1 aromatic rings. The molecule has 0 amide bonds. The molecule has 0 bridgehead atoms. The van der Waals surface area contributed by atoms with Gasteiger partial charge in [-0.25, -0.2) is 4.98 Å². The van der Waals surface area contributed by atoms with Crippen LogP contribution in [0.25, 0.3) is 0 Å². The third kappa shape index (κ3) is 3.87. The second kappa shape index (κ2) is 5.35. The smallest absolute Gasteiger partial charge is 0.0797 e. The summed E-state index contributed by atoms with van der Waals surface area (Å²) in [5.74, 6) is 0.738. The average molecular weight is 198 g/mol. The largest absolute Gasteiger partial charge is 0.316 e. The van der Waals surface area contributed by atoms with Gasteiger partial charge >= 0.3 is 0 Å². The van der Waals surface area contributed by atoms with E-state index in [0.717, 1.165) is 25.4 Å². The Kier molecular flexibility index (Phi) is 4.39. The first-order valence-corrected chi connectivity index (χ1v) is 5.67. The molecule has 1 rings (SSSR count). The fourth-order valence-corrected chi connectivity index (χ4v) is 1.94. The summed E-state index contributed by atoms with van der Waals surface area (Å²) < 4.78 is 0. The summed E-state index contributed by atoms with van der Waals surface area (Å²) in [6, 6.07) is 0. The van der Waals surface area contributed by atoms with Gasteiger partial charge in [-0.1, -0.05) is 13.8 Å². The van der Waals surface area contributed by atoms with Crippen molar-refractivity contribution in [2.45, 2.75) is 27.2 Å². The summed E-state index contributed by atoms with van der Waals surface area (Å²) in [5, 5.41) is 3.43. The summed E-state index contributed by atoms with van der Waals surface area (Å²) in [6.45, 7) is 8.71. The highest BCUT2D eigenvalue weighted by atomic mass is 32.1.